The topological polar surface area (TPSA) is 29.9 Å². The summed E-state index contributed by atoms with van der Waals surface area (Å²) in [5.74, 6) is 0.593. The van der Waals surface area contributed by atoms with Crippen molar-refractivity contribution in [2.75, 3.05) is 0 Å². The molecular weight excluding hydrogens is 246 g/mol. The Hall–Kier alpha value is -1.61. The number of benzene rings is 1. The van der Waals surface area contributed by atoms with E-state index in [1.165, 1.54) is 29.7 Å². The molecule has 1 fully saturated rings. The highest BCUT2D eigenvalue weighted by Gasteiger charge is 2.20. The smallest absolute Gasteiger partial charge is 0.0951 e. The van der Waals surface area contributed by atoms with Gasteiger partial charge in [0.05, 0.1) is 12.0 Å². The number of aromatic nitrogens is 2. The van der Waals surface area contributed by atoms with Crippen molar-refractivity contribution >= 4 is 0 Å². The molecule has 1 N–H and O–H groups in total. The Balaban J connectivity index is 1.65. The molecule has 0 atom stereocenters. The Morgan fingerprint density at radius 2 is 2.00 bits per heavy atom. The first-order valence-electron chi connectivity index (χ1n) is 7.53. The van der Waals surface area contributed by atoms with Gasteiger partial charge in [-0.3, -0.25) is 0 Å². The van der Waals surface area contributed by atoms with E-state index in [0.717, 1.165) is 19.1 Å². The van der Waals surface area contributed by atoms with Crippen LogP contribution in [-0.2, 0) is 13.1 Å². The van der Waals surface area contributed by atoms with Crippen LogP contribution >= 0.6 is 0 Å². The molecule has 106 valence electrons. The zero-order valence-electron chi connectivity index (χ0n) is 12.3. The summed E-state index contributed by atoms with van der Waals surface area (Å²) in [7, 11) is 0. The third-order valence-corrected chi connectivity index (χ3v) is 3.95. The lowest BCUT2D eigenvalue weighted by atomic mass is 10.0. The van der Waals surface area contributed by atoms with Gasteiger partial charge in [0, 0.05) is 25.3 Å². The van der Waals surface area contributed by atoms with E-state index in [-0.39, 0.29) is 0 Å². The summed E-state index contributed by atoms with van der Waals surface area (Å²) in [6.45, 7) is 6.29. The fourth-order valence-corrected chi connectivity index (χ4v) is 2.38. The molecule has 1 aromatic carbocycles. The molecule has 0 saturated heterocycles. The van der Waals surface area contributed by atoms with Gasteiger partial charge in [0.2, 0.25) is 0 Å². The van der Waals surface area contributed by atoms with E-state index in [2.05, 4.69) is 53.0 Å². The molecule has 2 aromatic rings. The molecule has 1 aromatic heterocycles. The molecule has 3 nitrogen and oxygen atoms in total. The third kappa shape index (κ3) is 3.28. The van der Waals surface area contributed by atoms with Crippen LogP contribution in [0.2, 0.25) is 0 Å². The van der Waals surface area contributed by atoms with E-state index in [1.807, 2.05) is 12.5 Å². The van der Waals surface area contributed by atoms with Gasteiger partial charge in [-0.1, -0.05) is 38.1 Å². The van der Waals surface area contributed by atoms with Crippen LogP contribution < -0.4 is 5.32 Å². The van der Waals surface area contributed by atoms with Crippen LogP contribution in [0.1, 0.15) is 49.4 Å². The highest BCUT2D eigenvalue weighted by Crippen LogP contribution is 2.19. The fourth-order valence-electron chi connectivity index (χ4n) is 2.38. The molecule has 0 bridgehead atoms. The summed E-state index contributed by atoms with van der Waals surface area (Å²) in [5, 5.41) is 3.55. The second kappa shape index (κ2) is 5.80. The zero-order valence-corrected chi connectivity index (χ0v) is 12.3. The standard InChI is InChI=1S/C17H23N3/c1-13(2)15-5-3-14(4-6-15)11-20-12-18-9-17(20)10-19-16-7-8-16/h3-6,9,12-13,16,19H,7-8,10-11H2,1-2H3. The summed E-state index contributed by atoms with van der Waals surface area (Å²) in [5.41, 5.74) is 4.00. The van der Waals surface area contributed by atoms with Gasteiger partial charge in [0.25, 0.3) is 0 Å². The second-order valence-corrected chi connectivity index (χ2v) is 6.06. The van der Waals surface area contributed by atoms with E-state index in [4.69, 9.17) is 0 Å². The van der Waals surface area contributed by atoms with Gasteiger partial charge in [-0.25, -0.2) is 4.98 Å². The first-order chi connectivity index (χ1) is 9.72. The fraction of sp³-hybridized carbons (Fsp3) is 0.471. The van der Waals surface area contributed by atoms with Crippen LogP contribution in [0.25, 0.3) is 0 Å². The molecule has 0 amide bonds. The summed E-state index contributed by atoms with van der Waals surface area (Å²) >= 11 is 0. The van der Waals surface area contributed by atoms with Crippen LogP contribution in [0.3, 0.4) is 0 Å². The first-order valence-corrected chi connectivity index (χ1v) is 7.53. The summed E-state index contributed by atoms with van der Waals surface area (Å²) in [4.78, 5) is 4.29. The summed E-state index contributed by atoms with van der Waals surface area (Å²) in [6.07, 6.45) is 6.55. The van der Waals surface area contributed by atoms with Gasteiger partial charge < -0.3 is 9.88 Å². The Kier molecular flexibility index (Phi) is 3.88. The Bertz CT molecular complexity index is 550. The minimum atomic E-state index is 0.593. The average Bonchev–Trinajstić information content (AvgIpc) is 3.18. The Labute approximate surface area is 121 Å². The molecule has 1 aliphatic carbocycles. The van der Waals surface area contributed by atoms with Gasteiger partial charge in [-0.15, -0.1) is 0 Å². The minimum absolute atomic E-state index is 0.593. The van der Waals surface area contributed by atoms with Gasteiger partial charge in [-0.05, 0) is 29.9 Å². The van der Waals surface area contributed by atoms with Crippen molar-refractivity contribution in [2.45, 2.75) is 51.7 Å². The molecule has 0 unspecified atom stereocenters. The molecule has 1 heterocycles. The number of nitrogens with zero attached hydrogens (tertiary/aromatic N) is 2. The van der Waals surface area contributed by atoms with Crippen molar-refractivity contribution in [3.63, 3.8) is 0 Å². The summed E-state index contributed by atoms with van der Waals surface area (Å²) < 4.78 is 2.24. The number of hydrogen-bond acceptors (Lipinski definition) is 2. The second-order valence-electron chi connectivity index (χ2n) is 6.06. The normalized spacial score (nSPS) is 14.9. The van der Waals surface area contributed by atoms with Crippen molar-refractivity contribution in [2.24, 2.45) is 0 Å². The van der Waals surface area contributed by atoms with Crippen molar-refractivity contribution in [1.82, 2.24) is 14.9 Å². The van der Waals surface area contributed by atoms with Crippen molar-refractivity contribution in [1.29, 1.82) is 0 Å². The molecule has 3 heteroatoms. The maximum Gasteiger partial charge on any atom is 0.0951 e. The van der Waals surface area contributed by atoms with Crippen LogP contribution in [0, 0.1) is 0 Å². The summed E-state index contributed by atoms with van der Waals surface area (Å²) in [6, 6.07) is 9.67. The molecule has 1 saturated carbocycles. The SMILES string of the molecule is CC(C)c1ccc(Cn2cncc2CNC2CC2)cc1. The number of nitrogens with one attached hydrogen (secondary N) is 1. The van der Waals surface area contributed by atoms with E-state index >= 15 is 0 Å². The molecule has 20 heavy (non-hydrogen) atoms. The van der Waals surface area contributed by atoms with Crippen LogP contribution in [0.15, 0.2) is 36.8 Å². The monoisotopic (exact) mass is 269 g/mol. The Morgan fingerprint density at radius 3 is 2.65 bits per heavy atom. The van der Waals surface area contributed by atoms with Crippen molar-refractivity contribution < 1.29 is 0 Å². The van der Waals surface area contributed by atoms with Crippen LogP contribution in [-0.4, -0.2) is 15.6 Å². The number of rotatable bonds is 6. The molecular formula is C17H23N3. The highest BCUT2D eigenvalue weighted by molar-refractivity contribution is 5.25. The number of hydrogen-bond donors (Lipinski definition) is 1. The Morgan fingerprint density at radius 1 is 1.25 bits per heavy atom. The van der Waals surface area contributed by atoms with E-state index in [9.17, 15) is 0 Å². The third-order valence-electron chi connectivity index (χ3n) is 3.95. The largest absolute Gasteiger partial charge is 0.329 e. The molecule has 0 radical (unpaired) electrons. The molecule has 3 rings (SSSR count). The minimum Gasteiger partial charge on any atom is -0.329 e. The maximum atomic E-state index is 4.29. The maximum absolute atomic E-state index is 4.29. The predicted octanol–water partition coefficient (Wildman–Crippen LogP) is 3.31. The lowest BCUT2D eigenvalue weighted by Gasteiger charge is -2.10. The number of imidazole rings is 1. The van der Waals surface area contributed by atoms with E-state index in [0.29, 0.717) is 5.92 Å². The molecule has 1 aliphatic rings. The van der Waals surface area contributed by atoms with Crippen LogP contribution in [0.5, 0.6) is 0 Å². The first kappa shape index (κ1) is 13.4. The quantitative estimate of drug-likeness (QED) is 0.872. The average molecular weight is 269 g/mol. The molecule has 0 spiro atoms. The lowest BCUT2D eigenvalue weighted by molar-refractivity contribution is 0.634. The van der Waals surface area contributed by atoms with Crippen LogP contribution in [0.4, 0.5) is 0 Å². The van der Waals surface area contributed by atoms with E-state index < -0.39 is 0 Å². The molecule has 0 aliphatic heterocycles. The predicted molar refractivity (Wildman–Crippen MR) is 81.7 cm³/mol. The van der Waals surface area contributed by atoms with Gasteiger partial charge >= 0.3 is 0 Å². The highest BCUT2D eigenvalue weighted by atomic mass is 15.1. The van der Waals surface area contributed by atoms with Gasteiger partial charge in [-0.2, -0.15) is 0 Å². The van der Waals surface area contributed by atoms with Gasteiger partial charge in [0.1, 0.15) is 0 Å². The van der Waals surface area contributed by atoms with E-state index in [1.54, 1.807) is 0 Å². The zero-order chi connectivity index (χ0) is 13.9. The van der Waals surface area contributed by atoms with Crippen molar-refractivity contribution in [3.05, 3.63) is 53.6 Å². The lowest BCUT2D eigenvalue weighted by Crippen LogP contribution is -2.18. The van der Waals surface area contributed by atoms with Crippen molar-refractivity contribution in [3.8, 4) is 0 Å². The van der Waals surface area contributed by atoms with Gasteiger partial charge in [0.15, 0.2) is 0 Å².